The lowest BCUT2D eigenvalue weighted by Gasteiger charge is -2.06. The summed E-state index contributed by atoms with van der Waals surface area (Å²) in [5, 5.41) is 13.5. The standard InChI is InChI=1S/C10H6Cl2FN3O2S/c11-6-1-8(9(16(17)18)2-7(6)13)14-3-5-4-15-10(12)19-5/h1-2,4,14H,3H2. The van der Waals surface area contributed by atoms with Crippen molar-refractivity contribution < 1.29 is 9.31 Å². The van der Waals surface area contributed by atoms with E-state index in [4.69, 9.17) is 23.2 Å². The van der Waals surface area contributed by atoms with Crippen LogP contribution >= 0.6 is 34.5 Å². The van der Waals surface area contributed by atoms with Crippen LogP contribution in [0.4, 0.5) is 15.8 Å². The SMILES string of the molecule is O=[N+]([O-])c1cc(F)c(Cl)cc1NCc1cnc(Cl)s1. The monoisotopic (exact) mass is 321 g/mol. The van der Waals surface area contributed by atoms with Crippen LogP contribution in [0.1, 0.15) is 4.88 Å². The van der Waals surface area contributed by atoms with Crippen LogP contribution in [0.2, 0.25) is 9.49 Å². The fraction of sp³-hybridized carbons (Fsp3) is 0.100. The Morgan fingerprint density at radius 1 is 1.47 bits per heavy atom. The maximum atomic E-state index is 13.2. The molecule has 0 saturated carbocycles. The Hall–Kier alpha value is -1.44. The van der Waals surface area contributed by atoms with Gasteiger partial charge in [-0.2, -0.15) is 0 Å². The van der Waals surface area contributed by atoms with Crippen molar-refractivity contribution in [1.82, 2.24) is 4.98 Å². The number of anilines is 1. The van der Waals surface area contributed by atoms with Gasteiger partial charge in [-0.25, -0.2) is 9.37 Å². The molecule has 100 valence electrons. The molecule has 0 aliphatic rings. The number of nitro groups is 1. The summed E-state index contributed by atoms with van der Waals surface area (Å²) in [5.41, 5.74) is -0.238. The second-order valence-corrected chi connectivity index (χ2v) is 5.58. The van der Waals surface area contributed by atoms with Crippen LogP contribution in [-0.4, -0.2) is 9.91 Å². The average Bonchev–Trinajstić information content (AvgIpc) is 2.76. The third-order valence-electron chi connectivity index (χ3n) is 2.21. The third kappa shape index (κ3) is 3.31. The Balaban J connectivity index is 2.23. The van der Waals surface area contributed by atoms with Gasteiger partial charge < -0.3 is 5.32 Å². The molecule has 0 fully saturated rings. The van der Waals surface area contributed by atoms with Gasteiger partial charge in [0.15, 0.2) is 4.47 Å². The number of nitrogens with zero attached hydrogens (tertiary/aromatic N) is 2. The fourth-order valence-electron chi connectivity index (χ4n) is 1.38. The Morgan fingerprint density at radius 3 is 2.79 bits per heavy atom. The van der Waals surface area contributed by atoms with E-state index in [2.05, 4.69) is 10.3 Å². The predicted octanol–water partition coefficient (Wildman–Crippen LogP) is 4.11. The molecule has 0 aliphatic carbocycles. The lowest BCUT2D eigenvalue weighted by molar-refractivity contribution is -0.384. The minimum absolute atomic E-state index is 0.140. The maximum absolute atomic E-state index is 13.2. The summed E-state index contributed by atoms with van der Waals surface area (Å²) in [4.78, 5) is 14.8. The van der Waals surface area contributed by atoms with E-state index in [1.165, 1.54) is 17.4 Å². The molecule has 0 atom stereocenters. The van der Waals surface area contributed by atoms with Crippen molar-refractivity contribution in [2.24, 2.45) is 0 Å². The number of nitro benzene ring substituents is 1. The molecule has 19 heavy (non-hydrogen) atoms. The first-order valence-corrected chi connectivity index (χ1v) is 6.52. The highest BCUT2D eigenvalue weighted by molar-refractivity contribution is 7.15. The number of halogens is 3. The van der Waals surface area contributed by atoms with Gasteiger partial charge in [-0.3, -0.25) is 10.1 Å². The molecular weight excluding hydrogens is 316 g/mol. The lowest BCUT2D eigenvalue weighted by atomic mass is 10.2. The number of hydrogen-bond acceptors (Lipinski definition) is 5. The van der Waals surface area contributed by atoms with Crippen LogP contribution in [-0.2, 0) is 6.54 Å². The molecule has 0 unspecified atom stereocenters. The Morgan fingerprint density at radius 2 is 2.21 bits per heavy atom. The van der Waals surface area contributed by atoms with Crippen molar-refractivity contribution in [3.8, 4) is 0 Å². The molecule has 0 spiro atoms. The van der Waals surface area contributed by atoms with Crippen molar-refractivity contribution in [2.75, 3.05) is 5.32 Å². The molecule has 5 nitrogen and oxygen atoms in total. The van der Waals surface area contributed by atoms with Gasteiger partial charge in [0.1, 0.15) is 11.5 Å². The molecule has 1 heterocycles. The summed E-state index contributed by atoms with van der Waals surface area (Å²) in [7, 11) is 0. The van der Waals surface area contributed by atoms with E-state index < -0.39 is 10.7 Å². The molecule has 0 amide bonds. The average molecular weight is 322 g/mol. The predicted molar refractivity (Wildman–Crippen MR) is 72.5 cm³/mol. The van der Waals surface area contributed by atoms with Gasteiger partial charge >= 0.3 is 0 Å². The van der Waals surface area contributed by atoms with Gasteiger partial charge in [0.2, 0.25) is 0 Å². The number of aromatic nitrogens is 1. The topological polar surface area (TPSA) is 68.1 Å². The van der Waals surface area contributed by atoms with E-state index in [1.807, 2.05) is 0 Å². The highest BCUT2D eigenvalue weighted by Gasteiger charge is 2.17. The Labute approximate surface area is 121 Å². The molecule has 1 aromatic heterocycles. The highest BCUT2D eigenvalue weighted by atomic mass is 35.5. The minimum atomic E-state index is -0.834. The van der Waals surface area contributed by atoms with Gasteiger partial charge in [0.25, 0.3) is 5.69 Å². The molecular formula is C10H6Cl2FN3O2S. The minimum Gasteiger partial charge on any atom is -0.374 e. The molecule has 0 bridgehead atoms. The van der Waals surface area contributed by atoms with Gasteiger partial charge in [-0.1, -0.05) is 23.2 Å². The number of thiazole rings is 1. The Kier molecular flexibility index (Phi) is 4.18. The molecule has 1 N–H and O–H groups in total. The first-order valence-electron chi connectivity index (χ1n) is 4.95. The zero-order valence-electron chi connectivity index (χ0n) is 9.19. The maximum Gasteiger partial charge on any atom is 0.295 e. The summed E-state index contributed by atoms with van der Waals surface area (Å²) in [6.07, 6.45) is 1.55. The number of hydrogen-bond donors (Lipinski definition) is 1. The molecule has 0 saturated heterocycles. The summed E-state index contributed by atoms with van der Waals surface area (Å²) in [5.74, 6) is -0.834. The van der Waals surface area contributed by atoms with E-state index in [9.17, 15) is 14.5 Å². The summed E-state index contributed by atoms with van der Waals surface area (Å²) in [6, 6.07) is 1.96. The molecule has 2 rings (SSSR count). The second kappa shape index (κ2) is 5.68. The van der Waals surface area contributed by atoms with Gasteiger partial charge in [-0.05, 0) is 6.07 Å². The lowest BCUT2D eigenvalue weighted by Crippen LogP contribution is -2.02. The van der Waals surface area contributed by atoms with Gasteiger partial charge in [0.05, 0.1) is 22.6 Å². The van der Waals surface area contributed by atoms with Crippen LogP contribution in [0.25, 0.3) is 0 Å². The van der Waals surface area contributed by atoms with Crippen LogP contribution in [0.15, 0.2) is 18.3 Å². The van der Waals surface area contributed by atoms with E-state index in [0.717, 1.165) is 10.9 Å². The van der Waals surface area contributed by atoms with E-state index in [0.29, 0.717) is 4.47 Å². The normalized spacial score (nSPS) is 10.5. The molecule has 0 aliphatic heterocycles. The smallest absolute Gasteiger partial charge is 0.295 e. The molecule has 2 aromatic rings. The zero-order chi connectivity index (χ0) is 14.0. The quantitative estimate of drug-likeness (QED) is 0.679. The first-order chi connectivity index (χ1) is 8.97. The second-order valence-electron chi connectivity index (χ2n) is 3.47. The van der Waals surface area contributed by atoms with E-state index >= 15 is 0 Å². The molecule has 9 heteroatoms. The van der Waals surface area contributed by atoms with Crippen molar-refractivity contribution in [3.05, 3.63) is 48.6 Å². The van der Waals surface area contributed by atoms with Crippen molar-refractivity contribution in [3.63, 3.8) is 0 Å². The van der Waals surface area contributed by atoms with E-state index in [1.54, 1.807) is 6.20 Å². The van der Waals surface area contributed by atoms with Crippen molar-refractivity contribution in [1.29, 1.82) is 0 Å². The van der Waals surface area contributed by atoms with Crippen LogP contribution in [0, 0.1) is 15.9 Å². The molecule has 0 radical (unpaired) electrons. The van der Waals surface area contributed by atoms with Gasteiger partial charge in [0, 0.05) is 11.1 Å². The van der Waals surface area contributed by atoms with Gasteiger partial charge in [-0.15, -0.1) is 11.3 Å². The zero-order valence-corrected chi connectivity index (χ0v) is 11.5. The van der Waals surface area contributed by atoms with Crippen molar-refractivity contribution in [2.45, 2.75) is 6.54 Å². The van der Waals surface area contributed by atoms with E-state index in [-0.39, 0.29) is 22.9 Å². The molecule has 1 aromatic carbocycles. The summed E-state index contributed by atoms with van der Waals surface area (Å²) in [6.45, 7) is 0.285. The first kappa shape index (κ1) is 14.0. The highest BCUT2D eigenvalue weighted by Crippen LogP contribution is 2.31. The number of benzene rings is 1. The van der Waals surface area contributed by atoms with Crippen LogP contribution in [0.3, 0.4) is 0 Å². The largest absolute Gasteiger partial charge is 0.374 e. The third-order valence-corrected chi connectivity index (χ3v) is 3.62. The number of nitrogens with one attached hydrogen (secondary N) is 1. The number of rotatable bonds is 4. The summed E-state index contributed by atoms with van der Waals surface area (Å²) < 4.78 is 13.6. The van der Waals surface area contributed by atoms with Crippen LogP contribution < -0.4 is 5.32 Å². The summed E-state index contributed by atoms with van der Waals surface area (Å²) >= 11 is 12.5. The fourth-order valence-corrected chi connectivity index (χ4v) is 2.46. The van der Waals surface area contributed by atoms with Crippen molar-refractivity contribution >= 4 is 45.9 Å². The Bertz CT molecular complexity index is 635. The van der Waals surface area contributed by atoms with Crippen LogP contribution in [0.5, 0.6) is 0 Å².